The van der Waals surface area contributed by atoms with Crippen LogP contribution in [0.4, 0.5) is 0 Å². The number of rotatable bonds is 2. The molecule has 0 spiro atoms. The summed E-state index contributed by atoms with van der Waals surface area (Å²) in [6.45, 7) is 2.07. The van der Waals surface area contributed by atoms with Crippen LogP contribution in [-0.2, 0) is 0 Å². The fourth-order valence-electron chi connectivity index (χ4n) is 2.06. The molecule has 3 heteroatoms. The molecule has 0 amide bonds. The molecule has 0 bridgehead atoms. The minimum atomic E-state index is 0.643. The summed E-state index contributed by atoms with van der Waals surface area (Å²) in [6.07, 6.45) is 4.67. The Morgan fingerprint density at radius 1 is 1.22 bits per heavy atom. The van der Waals surface area contributed by atoms with Gasteiger partial charge in [0.15, 0.2) is 0 Å². The van der Waals surface area contributed by atoms with E-state index in [1.807, 2.05) is 28.9 Å². The van der Waals surface area contributed by atoms with Crippen molar-refractivity contribution in [2.45, 2.75) is 6.92 Å². The molecule has 2 heterocycles. The molecule has 3 aromatic rings. The van der Waals surface area contributed by atoms with Gasteiger partial charge in [-0.05, 0) is 24.6 Å². The van der Waals surface area contributed by atoms with Gasteiger partial charge in [0.2, 0.25) is 0 Å². The van der Waals surface area contributed by atoms with Gasteiger partial charge in [-0.25, -0.2) is 4.98 Å². The number of benzene rings is 1. The minimum absolute atomic E-state index is 0.643. The molecule has 3 rings (SSSR count). The molecule has 0 radical (unpaired) electrons. The molecule has 0 unspecified atom stereocenters. The van der Waals surface area contributed by atoms with Crippen LogP contribution in [0.5, 0.6) is 0 Å². The second-order valence-corrected chi connectivity index (χ2v) is 4.28. The van der Waals surface area contributed by atoms with Gasteiger partial charge in [0.1, 0.15) is 11.9 Å². The number of carbonyl (C=O) groups is 1. The maximum atomic E-state index is 10.7. The maximum Gasteiger partial charge on any atom is 0.150 e. The van der Waals surface area contributed by atoms with Gasteiger partial charge >= 0.3 is 0 Å². The van der Waals surface area contributed by atoms with Crippen molar-refractivity contribution in [3.8, 4) is 11.3 Å². The van der Waals surface area contributed by atoms with Crippen molar-refractivity contribution in [1.29, 1.82) is 0 Å². The SMILES string of the molecule is Cc1ccccc1-c1cn2ccc(C=O)cc2n1. The molecule has 0 saturated heterocycles. The Bertz CT molecular complexity index is 728. The van der Waals surface area contributed by atoms with Gasteiger partial charge in [-0.1, -0.05) is 24.3 Å². The summed E-state index contributed by atoms with van der Waals surface area (Å²) < 4.78 is 1.93. The van der Waals surface area contributed by atoms with E-state index in [0.717, 1.165) is 23.2 Å². The van der Waals surface area contributed by atoms with E-state index in [0.29, 0.717) is 5.56 Å². The van der Waals surface area contributed by atoms with Crippen molar-refractivity contribution in [3.05, 3.63) is 59.9 Å². The quantitative estimate of drug-likeness (QED) is 0.641. The normalized spacial score (nSPS) is 10.7. The van der Waals surface area contributed by atoms with Crippen molar-refractivity contribution in [3.63, 3.8) is 0 Å². The van der Waals surface area contributed by atoms with Crippen molar-refractivity contribution in [1.82, 2.24) is 9.38 Å². The third-order valence-electron chi connectivity index (χ3n) is 3.04. The molecule has 0 fully saturated rings. The van der Waals surface area contributed by atoms with Crippen molar-refractivity contribution < 1.29 is 4.79 Å². The summed E-state index contributed by atoms with van der Waals surface area (Å²) >= 11 is 0. The average molecular weight is 236 g/mol. The number of nitrogens with zero attached hydrogens (tertiary/aromatic N) is 2. The first kappa shape index (κ1) is 10.7. The molecule has 0 aliphatic rings. The van der Waals surface area contributed by atoms with Crippen molar-refractivity contribution in [2.75, 3.05) is 0 Å². The van der Waals surface area contributed by atoms with Crippen molar-refractivity contribution in [2.24, 2.45) is 0 Å². The number of carbonyl (C=O) groups excluding carboxylic acids is 1. The van der Waals surface area contributed by atoms with Gasteiger partial charge in [0, 0.05) is 23.5 Å². The zero-order valence-corrected chi connectivity index (χ0v) is 10.00. The number of imidazole rings is 1. The van der Waals surface area contributed by atoms with E-state index in [1.54, 1.807) is 12.1 Å². The molecule has 1 aromatic carbocycles. The summed E-state index contributed by atoms with van der Waals surface area (Å²) in [5.74, 6) is 0. The third kappa shape index (κ3) is 1.70. The lowest BCUT2D eigenvalue weighted by Crippen LogP contribution is -1.85. The fourth-order valence-corrected chi connectivity index (χ4v) is 2.06. The number of pyridine rings is 1. The zero-order chi connectivity index (χ0) is 12.5. The lowest BCUT2D eigenvalue weighted by atomic mass is 10.1. The molecular formula is C15H12N2O. The van der Waals surface area contributed by atoms with Crippen LogP contribution in [-0.4, -0.2) is 15.7 Å². The first-order valence-corrected chi connectivity index (χ1v) is 5.78. The first-order chi connectivity index (χ1) is 8.78. The molecule has 3 nitrogen and oxygen atoms in total. The summed E-state index contributed by atoms with van der Waals surface area (Å²) in [4.78, 5) is 15.3. The molecule has 0 atom stereocenters. The molecule has 2 aromatic heterocycles. The van der Waals surface area contributed by atoms with Crippen LogP contribution >= 0.6 is 0 Å². The number of aldehydes is 1. The third-order valence-corrected chi connectivity index (χ3v) is 3.04. The second kappa shape index (κ2) is 4.11. The topological polar surface area (TPSA) is 34.4 Å². The smallest absolute Gasteiger partial charge is 0.150 e. The summed E-state index contributed by atoms with van der Waals surface area (Å²) in [7, 11) is 0. The number of fused-ring (bicyclic) bond motifs is 1. The molecule has 0 aliphatic carbocycles. The van der Waals surface area contributed by atoms with Crippen LogP contribution in [0.1, 0.15) is 15.9 Å². The van der Waals surface area contributed by atoms with Gasteiger partial charge in [-0.15, -0.1) is 0 Å². The van der Waals surface area contributed by atoms with E-state index >= 15 is 0 Å². The minimum Gasteiger partial charge on any atom is -0.306 e. The van der Waals surface area contributed by atoms with E-state index in [9.17, 15) is 4.79 Å². The highest BCUT2D eigenvalue weighted by atomic mass is 16.1. The summed E-state index contributed by atoms with van der Waals surface area (Å²) in [6, 6.07) is 11.7. The Kier molecular flexibility index (Phi) is 2.45. The molecule has 0 aliphatic heterocycles. The Hall–Kier alpha value is -2.42. The van der Waals surface area contributed by atoms with E-state index < -0.39 is 0 Å². The highest BCUT2D eigenvalue weighted by Gasteiger charge is 2.06. The van der Waals surface area contributed by atoms with Gasteiger partial charge < -0.3 is 4.40 Å². The van der Waals surface area contributed by atoms with Crippen LogP contribution in [0.2, 0.25) is 0 Å². The fraction of sp³-hybridized carbons (Fsp3) is 0.0667. The van der Waals surface area contributed by atoms with Gasteiger partial charge in [-0.3, -0.25) is 4.79 Å². The molecule has 88 valence electrons. The number of hydrogen-bond donors (Lipinski definition) is 0. The monoisotopic (exact) mass is 236 g/mol. The second-order valence-electron chi connectivity index (χ2n) is 4.28. The molecular weight excluding hydrogens is 224 g/mol. The lowest BCUT2D eigenvalue weighted by Gasteiger charge is -1.99. The predicted octanol–water partition coefficient (Wildman–Crippen LogP) is 3.12. The molecule has 0 N–H and O–H groups in total. The lowest BCUT2D eigenvalue weighted by molar-refractivity contribution is 0.112. The predicted molar refractivity (Wildman–Crippen MR) is 70.8 cm³/mol. The van der Waals surface area contributed by atoms with Gasteiger partial charge in [-0.2, -0.15) is 0 Å². The Labute approximate surface area is 105 Å². The number of hydrogen-bond acceptors (Lipinski definition) is 2. The van der Waals surface area contributed by atoms with Crippen LogP contribution in [0.3, 0.4) is 0 Å². The number of aryl methyl sites for hydroxylation is 1. The Morgan fingerprint density at radius 2 is 2.06 bits per heavy atom. The van der Waals surface area contributed by atoms with Gasteiger partial charge in [0.05, 0.1) is 5.69 Å². The van der Waals surface area contributed by atoms with Crippen LogP contribution in [0.25, 0.3) is 16.9 Å². The van der Waals surface area contributed by atoms with Crippen LogP contribution < -0.4 is 0 Å². The zero-order valence-electron chi connectivity index (χ0n) is 10.00. The van der Waals surface area contributed by atoms with E-state index in [1.165, 1.54) is 5.56 Å². The maximum absolute atomic E-state index is 10.7. The first-order valence-electron chi connectivity index (χ1n) is 5.78. The highest BCUT2D eigenvalue weighted by Crippen LogP contribution is 2.22. The average Bonchev–Trinajstić information content (AvgIpc) is 2.81. The highest BCUT2D eigenvalue weighted by molar-refractivity contribution is 5.77. The van der Waals surface area contributed by atoms with Crippen molar-refractivity contribution >= 4 is 11.9 Å². The van der Waals surface area contributed by atoms with E-state index in [4.69, 9.17) is 0 Å². The van der Waals surface area contributed by atoms with Crippen LogP contribution in [0, 0.1) is 6.92 Å². The number of aromatic nitrogens is 2. The largest absolute Gasteiger partial charge is 0.306 e. The van der Waals surface area contributed by atoms with E-state index in [-0.39, 0.29) is 0 Å². The molecule has 18 heavy (non-hydrogen) atoms. The van der Waals surface area contributed by atoms with Crippen LogP contribution in [0.15, 0.2) is 48.8 Å². The van der Waals surface area contributed by atoms with Gasteiger partial charge in [0.25, 0.3) is 0 Å². The summed E-state index contributed by atoms with van der Waals surface area (Å²) in [5, 5.41) is 0. The Morgan fingerprint density at radius 3 is 2.83 bits per heavy atom. The molecule has 0 saturated carbocycles. The standard InChI is InChI=1S/C15H12N2O/c1-11-4-2-3-5-13(11)14-9-17-7-6-12(10-18)8-15(17)16-14/h2-10H,1H3. The van der Waals surface area contributed by atoms with E-state index in [2.05, 4.69) is 24.0 Å². The summed E-state index contributed by atoms with van der Waals surface area (Å²) in [5.41, 5.74) is 4.67. The Balaban J connectivity index is 2.19.